The van der Waals surface area contributed by atoms with Crippen LogP contribution in [0.5, 0.6) is 11.5 Å². The highest BCUT2D eigenvalue weighted by Crippen LogP contribution is 2.50. The fourth-order valence-electron chi connectivity index (χ4n) is 3.62. The zero-order chi connectivity index (χ0) is 15.4. The van der Waals surface area contributed by atoms with Crippen LogP contribution in [0.25, 0.3) is 11.3 Å². The van der Waals surface area contributed by atoms with Gasteiger partial charge in [-0.15, -0.1) is 0 Å². The summed E-state index contributed by atoms with van der Waals surface area (Å²) in [6.45, 7) is 1.06. The Morgan fingerprint density at radius 3 is 2.87 bits per heavy atom. The van der Waals surface area contributed by atoms with Crippen molar-refractivity contribution in [1.82, 2.24) is 10.1 Å². The van der Waals surface area contributed by atoms with Crippen LogP contribution in [0.2, 0.25) is 0 Å². The highest BCUT2D eigenvalue weighted by molar-refractivity contribution is 5.94. The molecule has 0 atom stereocenters. The Hall–Kier alpha value is -2.50. The predicted octanol–water partition coefficient (Wildman–Crippen LogP) is 2.84. The number of benzene rings is 1. The third-order valence-electron chi connectivity index (χ3n) is 5.06. The number of hydrogen-bond acceptors (Lipinski definition) is 5. The van der Waals surface area contributed by atoms with Crippen LogP contribution in [0.15, 0.2) is 28.8 Å². The summed E-state index contributed by atoms with van der Waals surface area (Å²) in [6, 6.07) is 7.27. The van der Waals surface area contributed by atoms with Gasteiger partial charge >= 0.3 is 0 Å². The van der Waals surface area contributed by atoms with Crippen LogP contribution in [0.1, 0.15) is 36.2 Å². The van der Waals surface area contributed by atoms with Crippen LogP contribution in [0.3, 0.4) is 0 Å². The molecule has 1 aromatic heterocycles. The molecule has 3 heterocycles. The van der Waals surface area contributed by atoms with E-state index >= 15 is 0 Å². The molecule has 1 aromatic carbocycles. The van der Waals surface area contributed by atoms with E-state index < -0.39 is 0 Å². The summed E-state index contributed by atoms with van der Waals surface area (Å²) in [4.78, 5) is 14.7. The molecule has 5 rings (SSSR count). The number of rotatable bonds is 2. The van der Waals surface area contributed by atoms with E-state index in [-0.39, 0.29) is 18.2 Å². The van der Waals surface area contributed by atoms with Gasteiger partial charge in [-0.05, 0) is 43.9 Å². The topological polar surface area (TPSA) is 64.8 Å². The summed E-state index contributed by atoms with van der Waals surface area (Å²) >= 11 is 0. The molecule has 0 unspecified atom stereocenters. The van der Waals surface area contributed by atoms with Gasteiger partial charge in [0.05, 0.1) is 0 Å². The first-order valence-corrected chi connectivity index (χ1v) is 7.94. The van der Waals surface area contributed by atoms with Crippen molar-refractivity contribution in [2.24, 2.45) is 0 Å². The minimum atomic E-state index is -0.0178. The zero-order valence-electron chi connectivity index (χ0n) is 12.6. The summed E-state index contributed by atoms with van der Waals surface area (Å²) in [6.07, 6.45) is 4.43. The molecule has 1 aliphatic carbocycles. The molecular weight excluding hydrogens is 296 g/mol. The fraction of sp³-hybridized carbons (Fsp3) is 0.412. The lowest BCUT2D eigenvalue weighted by Gasteiger charge is -2.22. The largest absolute Gasteiger partial charge is 0.454 e. The van der Waals surface area contributed by atoms with Gasteiger partial charge in [-0.1, -0.05) is 5.16 Å². The number of hydrogen-bond donors (Lipinski definition) is 0. The van der Waals surface area contributed by atoms with Crippen LogP contribution >= 0.6 is 0 Å². The molecule has 0 bridgehead atoms. The molecule has 6 heteroatoms. The van der Waals surface area contributed by atoms with Crippen molar-refractivity contribution in [3.8, 4) is 22.8 Å². The monoisotopic (exact) mass is 312 g/mol. The van der Waals surface area contributed by atoms with E-state index in [4.69, 9.17) is 14.0 Å². The van der Waals surface area contributed by atoms with Gasteiger partial charge in [-0.2, -0.15) is 0 Å². The summed E-state index contributed by atoms with van der Waals surface area (Å²) < 4.78 is 16.1. The number of nitrogens with zero attached hydrogens (tertiary/aromatic N) is 2. The van der Waals surface area contributed by atoms with Crippen molar-refractivity contribution < 1.29 is 18.8 Å². The van der Waals surface area contributed by atoms with Crippen molar-refractivity contribution in [3.05, 3.63) is 30.0 Å². The Balaban J connectivity index is 1.43. The van der Waals surface area contributed by atoms with Crippen molar-refractivity contribution in [2.75, 3.05) is 13.3 Å². The smallest absolute Gasteiger partial charge is 0.276 e. The lowest BCUT2D eigenvalue weighted by molar-refractivity contribution is 0.0707. The zero-order valence-corrected chi connectivity index (χ0v) is 12.6. The maximum atomic E-state index is 12.7. The van der Waals surface area contributed by atoms with Crippen molar-refractivity contribution in [3.63, 3.8) is 0 Å². The van der Waals surface area contributed by atoms with Gasteiger partial charge in [0.2, 0.25) is 6.79 Å². The molecule has 6 nitrogen and oxygen atoms in total. The number of aromatic nitrogens is 1. The number of amides is 1. The molecule has 1 amide bonds. The molecule has 2 aromatic rings. The van der Waals surface area contributed by atoms with E-state index in [2.05, 4.69) is 5.16 Å². The Labute approximate surface area is 133 Å². The van der Waals surface area contributed by atoms with Gasteiger partial charge in [0.15, 0.2) is 23.0 Å². The van der Waals surface area contributed by atoms with Gasteiger partial charge in [-0.25, -0.2) is 0 Å². The summed E-state index contributed by atoms with van der Waals surface area (Å²) in [7, 11) is 0. The average Bonchev–Trinajstić information content (AvgIpc) is 3.00. The average molecular weight is 312 g/mol. The van der Waals surface area contributed by atoms with E-state index in [0.717, 1.165) is 43.5 Å². The van der Waals surface area contributed by atoms with Gasteiger partial charge in [0.25, 0.3) is 5.91 Å². The number of likely N-dealkylation sites (tertiary alicyclic amines) is 1. The molecule has 2 aliphatic heterocycles. The number of carbonyl (C=O) groups excluding carboxylic acids is 1. The molecule has 1 saturated carbocycles. The van der Waals surface area contributed by atoms with Crippen LogP contribution in [-0.4, -0.2) is 34.8 Å². The Morgan fingerprint density at radius 2 is 2.00 bits per heavy atom. The SMILES string of the molecule is O=C(c1cc(-c2ccc3c(c2)OCO3)on1)N1CCCC12CC2. The normalized spacial score (nSPS) is 20.3. The van der Waals surface area contributed by atoms with E-state index in [1.807, 2.05) is 23.1 Å². The van der Waals surface area contributed by atoms with Gasteiger partial charge < -0.3 is 18.9 Å². The lowest BCUT2D eigenvalue weighted by atomic mass is 10.1. The first-order valence-electron chi connectivity index (χ1n) is 7.94. The quantitative estimate of drug-likeness (QED) is 0.853. The maximum absolute atomic E-state index is 12.7. The van der Waals surface area contributed by atoms with Gasteiger partial charge in [0, 0.05) is 23.7 Å². The second-order valence-corrected chi connectivity index (χ2v) is 6.43. The number of ether oxygens (including phenoxy) is 2. The maximum Gasteiger partial charge on any atom is 0.276 e. The van der Waals surface area contributed by atoms with Crippen LogP contribution in [0.4, 0.5) is 0 Å². The highest BCUT2D eigenvalue weighted by Gasteiger charge is 2.53. The minimum absolute atomic E-state index is 0.0178. The van der Waals surface area contributed by atoms with Gasteiger partial charge in [-0.3, -0.25) is 4.79 Å². The first kappa shape index (κ1) is 13.0. The second-order valence-electron chi connectivity index (χ2n) is 6.43. The van der Waals surface area contributed by atoms with E-state index in [9.17, 15) is 4.79 Å². The molecule has 118 valence electrons. The van der Waals surface area contributed by atoms with E-state index in [1.54, 1.807) is 6.07 Å². The molecule has 0 N–H and O–H groups in total. The molecular formula is C17H16N2O4. The lowest BCUT2D eigenvalue weighted by Crippen LogP contribution is -2.37. The predicted molar refractivity (Wildman–Crippen MR) is 80.3 cm³/mol. The second kappa shape index (κ2) is 4.50. The van der Waals surface area contributed by atoms with Crippen molar-refractivity contribution in [2.45, 2.75) is 31.2 Å². The standard InChI is InChI=1S/C17H16N2O4/c20-16(19-7-1-4-17(19)5-6-17)12-9-14(23-18-12)11-2-3-13-15(8-11)22-10-21-13/h2-3,8-9H,1,4-7,10H2. The third-order valence-corrected chi connectivity index (χ3v) is 5.06. The van der Waals surface area contributed by atoms with Gasteiger partial charge in [0.1, 0.15) is 0 Å². The van der Waals surface area contributed by atoms with E-state index in [1.165, 1.54) is 0 Å². The Kier molecular flexibility index (Phi) is 2.54. The Bertz CT molecular complexity index is 794. The van der Waals surface area contributed by atoms with Crippen molar-refractivity contribution >= 4 is 5.91 Å². The third kappa shape index (κ3) is 1.94. The van der Waals surface area contributed by atoms with E-state index in [0.29, 0.717) is 17.2 Å². The van der Waals surface area contributed by atoms with Crippen LogP contribution < -0.4 is 9.47 Å². The molecule has 3 aliphatic rings. The minimum Gasteiger partial charge on any atom is -0.454 e. The molecule has 23 heavy (non-hydrogen) atoms. The van der Waals surface area contributed by atoms with Crippen LogP contribution in [-0.2, 0) is 0 Å². The summed E-state index contributed by atoms with van der Waals surface area (Å²) in [5.74, 6) is 1.95. The molecule has 1 saturated heterocycles. The summed E-state index contributed by atoms with van der Waals surface area (Å²) in [5.41, 5.74) is 1.32. The number of carbonyl (C=O) groups is 1. The highest BCUT2D eigenvalue weighted by atomic mass is 16.7. The molecule has 0 radical (unpaired) electrons. The Morgan fingerprint density at radius 1 is 1.13 bits per heavy atom. The van der Waals surface area contributed by atoms with Crippen LogP contribution in [0, 0.1) is 0 Å². The molecule has 1 spiro atoms. The first-order chi connectivity index (χ1) is 11.3. The molecule has 2 fully saturated rings. The fourth-order valence-corrected chi connectivity index (χ4v) is 3.62. The van der Waals surface area contributed by atoms with Crippen molar-refractivity contribution in [1.29, 1.82) is 0 Å². The summed E-state index contributed by atoms with van der Waals surface area (Å²) in [5, 5.41) is 3.99. The number of fused-ring (bicyclic) bond motifs is 1.